The zero-order valence-electron chi connectivity index (χ0n) is 25.6. The molecule has 0 amide bonds. The van der Waals surface area contributed by atoms with E-state index in [2.05, 4.69) is 173 Å². The third-order valence-corrected chi connectivity index (χ3v) is 10.5. The van der Waals surface area contributed by atoms with Gasteiger partial charge in [-0.15, -0.1) is 0 Å². The maximum atomic E-state index is 2.62. The summed E-state index contributed by atoms with van der Waals surface area (Å²) in [6, 6.07) is 60.6. The summed E-state index contributed by atoms with van der Waals surface area (Å²) in [5.74, 6) is 0. The molecule has 3 heteroatoms. The minimum Gasteiger partial charge on any atom is -0.375 e. The Kier molecular flexibility index (Phi) is 4.95. The molecule has 2 nitrogen and oxygen atoms in total. The van der Waals surface area contributed by atoms with Crippen LogP contribution in [-0.4, -0.2) is 11.3 Å². The van der Waals surface area contributed by atoms with E-state index in [1.54, 1.807) is 0 Å². The number of benzene rings is 8. The summed E-state index contributed by atoms with van der Waals surface area (Å²) in [6.45, 7) is 0.0536. The molecular formula is C44H27BN2. The summed E-state index contributed by atoms with van der Waals surface area (Å²) in [5.41, 5.74) is 14.1. The van der Waals surface area contributed by atoms with Gasteiger partial charge in [0.05, 0.1) is 5.69 Å². The monoisotopic (exact) mass is 594 g/mol. The Morgan fingerprint density at radius 1 is 0.404 bits per heavy atom. The van der Waals surface area contributed by atoms with Crippen LogP contribution >= 0.6 is 0 Å². The molecule has 11 rings (SSSR count). The van der Waals surface area contributed by atoms with Crippen LogP contribution in [0.4, 0.5) is 17.1 Å². The maximum absolute atomic E-state index is 2.62. The van der Waals surface area contributed by atoms with Gasteiger partial charge in [-0.2, -0.15) is 0 Å². The zero-order valence-corrected chi connectivity index (χ0v) is 25.6. The van der Waals surface area contributed by atoms with E-state index in [9.17, 15) is 0 Å². The standard InChI is InChI=1S/C44H27BN2/c1-2-14-28(15-3-1)41-32-19-6-4-16-29(32)30-17-5-7-20-34(30)44(41)46-39-26-11-9-24-37(39)45-42-33(21-13-27-40(42)46)36-23-12-22-35-31-18-8-10-25-38(31)47(45)43(35)36/h1-27H. The van der Waals surface area contributed by atoms with Crippen LogP contribution in [0.1, 0.15) is 0 Å². The number of anilines is 3. The van der Waals surface area contributed by atoms with E-state index < -0.39 is 0 Å². The minimum atomic E-state index is 0.0536. The molecule has 0 atom stereocenters. The first kappa shape index (κ1) is 25.2. The summed E-state index contributed by atoms with van der Waals surface area (Å²) in [7, 11) is 0. The smallest absolute Gasteiger partial charge is 0.333 e. The van der Waals surface area contributed by atoms with Crippen molar-refractivity contribution in [2.45, 2.75) is 0 Å². The van der Waals surface area contributed by atoms with Gasteiger partial charge in [-0.25, -0.2) is 0 Å². The first-order valence-electron chi connectivity index (χ1n) is 16.4. The largest absolute Gasteiger partial charge is 0.375 e. The van der Waals surface area contributed by atoms with E-state index >= 15 is 0 Å². The van der Waals surface area contributed by atoms with Gasteiger partial charge in [0.25, 0.3) is 0 Å². The van der Waals surface area contributed by atoms with Crippen molar-refractivity contribution in [3.8, 4) is 22.3 Å². The minimum absolute atomic E-state index is 0.0536. The normalized spacial score (nSPS) is 13.0. The molecule has 0 saturated heterocycles. The van der Waals surface area contributed by atoms with E-state index in [1.807, 2.05) is 0 Å². The molecule has 2 aliphatic heterocycles. The van der Waals surface area contributed by atoms with Crippen molar-refractivity contribution in [3.05, 3.63) is 164 Å². The molecule has 0 saturated carbocycles. The molecule has 0 spiro atoms. The van der Waals surface area contributed by atoms with Gasteiger partial charge < -0.3 is 9.38 Å². The van der Waals surface area contributed by atoms with Gasteiger partial charge in [-0.3, -0.25) is 0 Å². The Morgan fingerprint density at radius 2 is 1.00 bits per heavy atom. The van der Waals surface area contributed by atoms with E-state index in [1.165, 1.54) is 93.6 Å². The van der Waals surface area contributed by atoms with Crippen LogP contribution in [0.25, 0.3) is 65.6 Å². The first-order chi connectivity index (χ1) is 23.4. The number of aromatic nitrogens is 1. The highest BCUT2D eigenvalue weighted by molar-refractivity contribution is 6.90. The lowest BCUT2D eigenvalue weighted by Crippen LogP contribution is -2.56. The Labute approximate surface area is 272 Å². The van der Waals surface area contributed by atoms with Gasteiger partial charge in [0.2, 0.25) is 0 Å². The molecule has 0 unspecified atom stereocenters. The van der Waals surface area contributed by atoms with Crippen molar-refractivity contribution in [3.63, 3.8) is 0 Å². The van der Waals surface area contributed by atoms with E-state index in [0.29, 0.717) is 0 Å². The number of para-hydroxylation sites is 3. The second-order valence-electron chi connectivity index (χ2n) is 12.8. The van der Waals surface area contributed by atoms with Gasteiger partial charge in [0.15, 0.2) is 0 Å². The molecule has 1 aromatic heterocycles. The highest BCUT2D eigenvalue weighted by Gasteiger charge is 2.43. The van der Waals surface area contributed by atoms with Crippen molar-refractivity contribution in [2.75, 3.05) is 4.90 Å². The number of hydrogen-bond donors (Lipinski definition) is 0. The van der Waals surface area contributed by atoms with Gasteiger partial charge in [0.1, 0.15) is 0 Å². The maximum Gasteiger partial charge on any atom is 0.333 e. The van der Waals surface area contributed by atoms with Crippen molar-refractivity contribution < 1.29 is 0 Å². The van der Waals surface area contributed by atoms with Crippen molar-refractivity contribution in [2.24, 2.45) is 0 Å². The summed E-state index contributed by atoms with van der Waals surface area (Å²) in [5, 5.41) is 7.69. The fourth-order valence-electron chi connectivity index (χ4n) is 8.78. The third kappa shape index (κ3) is 3.21. The molecule has 0 fully saturated rings. The SMILES string of the molecule is c1ccc(-c2c(N3c4ccccc4B4c5c(cccc53)-c3cccc5c6ccccc6n4c35)c3ccccc3c3ccccc23)cc1. The molecule has 47 heavy (non-hydrogen) atoms. The van der Waals surface area contributed by atoms with Crippen molar-refractivity contribution >= 4 is 78.2 Å². The Balaban J connectivity index is 1.34. The van der Waals surface area contributed by atoms with E-state index in [0.717, 1.165) is 0 Å². The lowest BCUT2D eigenvalue weighted by atomic mass is 9.45. The fourth-order valence-corrected chi connectivity index (χ4v) is 8.78. The van der Waals surface area contributed by atoms with Crippen molar-refractivity contribution in [1.82, 2.24) is 4.48 Å². The topological polar surface area (TPSA) is 8.17 Å². The predicted octanol–water partition coefficient (Wildman–Crippen LogP) is 10.2. The first-order valence-corrected chi connectivity index (χ1v) is 16.4. The van der Waals surface area contributed by atoms with Crippen LogP contribution in [0.2, 0.25) is 0 Å². The number of rotatable bonds is 2. The molecule has 0 radical (unpaired) electrons. The van der Waals surface area contributed by atoms with Gasteiger partial charge in [-0.1, -0.05) is 146 Å². The van der Waals surface area contributed by atoms with Crippen LogP contribution in [-0.2, 0) is 0 Å². The summed E-state index contributed by atoms with van der Waals surface area (Å²) in [4.78, 5) is 2.58. The Bertz CT molecular complexity index is 2760. The van der Waals surface area contributed by atoms with Crippen LogP contribution in [0.3, 0.4) is 0 Å². The van der Waals surface area contributed by atoms with Crippen molar-refractivity contribution in [1.29, 1.82) is 0 Å². The molecule has 0 N–H and O–H groups in total. The van der Waals surface area contributed by atoms with Crippen LogP contribution < -0.4 is 15.8 Å². The van der Waals surface area contributed by atoms with E-state index in [4.69, 9.17) is 0 Å². The second-order valence-corrected chi connectivity index (χ2v) is 12.8. The summed E-state index contributed by atoms with van der Waals surface area (Å²) < 4.78 is 2.62. The lowest BCUT2D eigenvalue weighted by molar-refractivity contribution is 1.26. The summed E-state index contributed by atoms with van der Waals surface area (Å²) >= 11 is 0. The predicted molar refractivity (Wildman–Crippen MR) is 200 cm³/mol. The Hall–Kier alpha value is -6.06. The molecule has 216 valence electrons. The molecule has 9 aromatic rings. The van der Waals surface area contributed by atoms with Gasteiger partial charge in [0, 0.05) is 49.7 Å². The third-order valence-electron chi connectivity index (χ3n) is 10.5. The second kappa shape index (κ2) is 9.25. The fraction of sp³-hybridized carbons (Fsp3) is 0. The molecule has 0 aliphatic carbocycles. The summed E-state index contributed by atoms with van der Waals surface area (Å²) in [6.07, 6.45) is 0. The highest BCUT2D eigenvalue weighted by atomic mass is 15.2. The average molecular weight is 595 g/mol. The lowest BCUT2D eigenvalue weighted by Gasteiger charge is -2.41. The molecule has 3 heterocycles. The van der Waals surface area contributed by atoms with Crippen LogP contribution in [0.15, 0.2) is 164 Å². The molecule has 0 bridgehead atoms. The number of nitrogens with zero attached hydrogens (tertiary/aromatic N) is 2. The average Bonchev–Trinajstić information content (AvgIpc) is 3.48. The number of fused-ring (bicyclic) bond motifs is 10. The zero-order chi connectivity index (χ0) is 30.6. The quantitative estimate of drug-likeness (QED) is 0.143. The highest BCUT2D eigenvalue weighted by Crippen LogP contribution is 2.51. The van der Waals surface area contributed by atoms with Gasteiger partial charge in [-0.05, 0) is 56.4 Å². The van der Waals surface area contributed by atoms with E-state index in [-0.39, 0.29) is 6.85 Å². The Morgan fingerprint density at radius 3 is 1.85 bits per heavy atom. The number of hydrogen-bond acceptors (Lipinski definition) is 1. The molecule has 8 aromatic carbocycles. The molecular weight excluding hydrogens is 567 g/mol. The van der Waals surface area contributed by atoms with Crippen LogP contribution in [0, 0.1) is 0 Å². The molecule has 2 aliphatic rings. The van der Waals surface area contributed by atoms with Crippen LogP contribution in [0.5, 0.6) is 0 Å². The van der Waals surface area contributed by atoms with Gasteiger partial charge >= 0.3 is 6.85 Å².